The molecule has 0 spiro atoms. The zero-order valence-electron chi connectivity index (χ0n) is 13.0. The molecule has 114 valence electrons. The Kier molecular flexibility index (Phi) is 3.05. The van der Waals surface area contributed by atoms with Crippen molar-refractivity contribution < 1.29 is 4.42 Å². The van der Waals surface area contributed by atoms with Gasteiger partial charge in [-0.05, 0) is 36.6 Å². The Morgan fingerprint density at radius 2 is 2.09 bits per heavy atom. The minimum absolute atomic E-state index is 0.348. The number of aromatic nitrogens is 2. The molecule has 23 heavy (non-hydrogen) atoms. The van der Waals surface area contributed by atoms with E-state index in [1.165, 1.54) is 0 Å². The van der Waals surface area contributed by atoms with Crippen molar-refractivity contribution in [1.29, 1.82) is 0 Å². The summed E-state index contributed by atoms with van der Waals surface area (Å²) in [6, 6.07) is 11.8. The molecule has 0 aliphatic heterocycles. The molecule has 0 aliphatic carbocycles. The minimum Gasteiger partial charge on any atom is -0.422 e. The van der Waals surface area contributed by atoms with Gasteiger partial charge in [-0.25, -0.2) is 9.78 Å². The zero-order valence-corrected chi connectivity index (χ0v) is 13.0. The molecular weight excluding hydrogens is 288 g/mol. The number of imidazole rings is 1. The van der Waals surface area contributed by atoms with Gasteiger partial charge >= 0.3 is 5.63 Å². The average Bonchev–Trinajstić information content (AvgIpc) is 2.99. The first-order chi connectivity index (χ1) is 11.2. The van der Waals surface area contributed by atoms with Crippen molar-refractivity contribution in [3.8, 4) is 11.3 Å². The maximum atomic E-state index is 12.4. The molecule has 4 rings (SSSR count). The highest BCUT2D eigenvalue weighted by Crippen LogP contribution is 2.24. The van der Waals surface area contributed by atoms with Crippen LogP contribution in [0, 0.1) is 6.92 Å². The third-order valence-electron chi connectivity index (χ3n) is 4.18. The number of aryl methyl sites for hydroxylation is 2. The van der Waals surface area contributed by atoms with Gasteiger partial charge in [0.2, 0.25) is 0 Å². The van der Waals surface area contributed by atoms with Crippen LogP contribution in [0.25, 0.3) is 27.9 Å². The van der Waals surface area contributed by atoms with Crippen LogP contribution in [-0.2, 0) is 6.42 Å². The van der Waals surface area contributed by atoms with Crippen LogP contribution in [0.2, 0.25) is 0 Å². The quantitative estimate of drug-likeness (QED) is 0.526. The molecule has 4 heteroatoms. The van der Waals surface area contributed by atoms with Crippen LogP contribution < -0.4 is 5.63 Å². The van der Waals surface area contributed by atoms with Gasteiger partial charge in [0.1, 0.15) is 11.2 Å². The van der Waals surface area contributed by atoms with E-state index in [0.717, 1.165) is 28.6 Å². The van der Waals surface area contributed by atoms with E-state index in [0.29, 0.717) is 16.8 Å². The van der Waals surface area contributed by atoms with Crippen LogP contribution in [0.15, 0.2) is 58.0 Å². The van der Waals surface area contributed by atoms with Crippen molar-refractivity contribution in [2.75, 3.05) is 0 Å². The van der Waals surface area contributed by atoms with E-state index in [4.69, 9.17) is 4.42 Å². The molecule has 0 fully saturated rings. The Morgan fingerprint density at radius 1 is 1.22 bits per heavy atom. The number of pyridine rings is 1. The maximum Gasteiger partial charge on any atom is 0.345 e. The second-order valence-electron chi connectivity index (χ2n) is 5.68. The highest BCUT2D eigenvalue weighted by Gasteiger charge is 2.13. The topological polar surface area (TPSA) is 47.5 Å². The molecule has 1 aromatic carbocycles. The third kappa shape index (κ3) is 2.14. The van der Waals surface area contributed by atoms with Crippen LogP contribution in [0.5, 0.6) is 0 Å². The monoisotopic (exact) mass is 304 g/mol. The Hall–Kier alpha value is -2.88. The lowest BCUT2D eigenvalue weighted by Gasteiger charge is -2.03. The normalized spacial score (nSPS) is 11.4. The molecule has 4 nitrogen and oxygen atoms in total. The highest BCUT2D eigenvalue weighted by atomic mass is 16.4. The van der Waals surface area contributed by atoms with E-state index >= 15 is 0 Å². The van der Waals surface area contributed by atoms with Gasteiger partial charge in [0.05, 0.1) is 11.3 Å². The third-order valence-corrected chi connectivity index (χ3v) is 4.18. The first kappa shape index (κ1) is 13.8. The molecule has 0 aliphatic rings. The lowest BCUT2D eigenvalue weighted by Crippen LogP contribution is -2.03. The van der Waals surface area contributed by atoms with Gasteiger partial charge in [-0.3, -0.25) is 0 Å². The molecule has 3 aromatic heterocycles. The highest BCUT2D eigenvalue weighted by molar-refractivity contribution is 5.83. The summed E-state index contributed by atoms with van der Waals surface area (Å²) in [6.07, 6.45) is 4.62. The maximum absolute atomic E-state index is 12.4. The molecule has 0 amide bonds. The lowest BCUT2D eigenvalue weighted by molar-refractivity contribution is 0.559. The van der Waals surface area contributed by atoms with Gasteiger partial charge in [-0.2, -0.15) is 0 Å². The SMILES string of the molecule is CCc1cccc2cc(-c3cn4cccc(C)c4n3)c(=O)oc12. The van der Waals surface area contributed by atoms with Crippen molar-refractivity contribution in [2.24, 2.45) is 0 Å². The second-order valence-corrected chi connectivity index (χ2v) is 5.68. The summed E-state index contributed by atoms with van der Waals surface area (Å²) in [5.74, 6) is 0. The zero-order chi connectivity index (χ0) is 16.0. The van der Waals surface area contributed by atoms with Gasteiger partial charge < -0.3 is 8.82 Å². The van der Waals surface area contributed by atoms with E-state index in [1.54, 1.807) is 0 Å². The summed E-state index contributed by atoms with van der Waals surface area (Å²) in [4.78, 5) is 17.0. The number of rotatable bonds is 2. The predicted octanol–water partition coefficient (Wildman–Crippen LogP) is 3.98. The number of fused-ring (bicyclic) bond motifs is 2. The van der Waals surface area contributed by atoms with Crippen LogP contribution >= 0.6 is 0 Å². The molecule has 0 saturated heterocycles. The van der Waals surface area contributed by atoms with E-state index < -0.39 is 0 Å². The molecule has 3 heterocycles. The smallest absolute Gasteiger partial charge is 0.345 e. The van der Waals surface area contributed by atoms with Crippen LogP contribution in [0.1, 0.15) is 18.1 Å². The van der Waals surface area contributed by atoms with Crippen molar-refractivity contribution in [2.45, 2.75) is 20.3 Å². The average molecular weight is 304 g/mol. The van der Waals surface area contributed by atoms with Crippen molar-refractivity contribution in [3.05, 3.63) is 70.3 Å². The van der Waals surface area contributed by atoms with Gasteiger partial charge in [-0.1, -0.05) is 31.2 Å². The molecule has 0 N–H and O–H groups in total. The van der Waals surface area contributed by atoms with E-state index in [9.17, 15) is 4.79 Å². The summed E-state index contributed by atoms with van der Waals surface area (Å²) < 4.78 is 7.52. The lowest BCUT2D eigenvalue weighted by atomic mass is 10.1. The van der Waals surface area contributed by atoms with Gasteiger partial charge in [-0.15, -0.1) is 0 Å². The largest absolute Gasteiger partial charge is 0.422 e. The standard InChI is InChI=1S/C19H16N2O2/c1-3-13-7-4-8-14-10-15(19(22)23-17(13)14)16-11-21-9-5-6-12(2)18(21)20-16/h4-11H,3H2,1-2H3. The summed E-state index contributed by atoms with van der Waals surface area (Å²) in [6.45, 7) is 4.05. The van der Waals surface area contributed by atoms with Crippen molar-refractivity contribution in [1.82, 2.24) is 9.38 Å². The Balaban J connectivity index is 1.99. The number of hydrogen-bond donors (Lipinski definition) is 0. The predicted molar refractivity (Wildman–Crippen MR) is 90.8 cm³/mol. The number of nitrogens with zero attached hydrogens (tertiary/aromatic N) is 2. The first-order valence-corrected chi connectivity index (χ1v) is 7.68. The van der Waals surface area contributed by atoms with Crippen molar-refractivity contribution >= 4 is 16.6 Å². The molecule has 0 unspecified atom stereocenters. The Morgan fingerprint density at radius 3 is 2.87 bits per heavy atom. The summed E-state index contributed by atoms with van der Waals surface area (Å²) in [7, 11) is 0. The van der Waals surface area contributed by atoms with Crippen LogP contribution in [0.4, 0.5) is 0 Å². The minimum atomic E-state index is -0.348. The first-order valence-electron chi connectivity index (χ1n) is 7.68. The Bertz CT molecular complexity index is 1090. The van der Waals surface area contributed by atoms with Crippen LogP contribution in [0.3, 0.4) is 0 Å². The molecule has 0 radical (unpaired) electrons. The molecule has 4 aromatic rings. The summed E-state index contributed by atoms with van der Waals surface area (Å²) >= 11 is 0. The van der Waals surface area contributed by atoms with E-state index in [-0.39, 0.29) is 5.63 Å². The summed E-state index contributed by atoms with van der Waals surface area (Å²) in [5, 5.41) is 0.924. The summed E-state index contributed by atoms with van der Waals surface area (Å²) in [5.41, 5.74) is 4.41. The van der Waals surface area contributed by atoms with E-state index in [1.807, 2.05) is 67.0 Å². The Labute approximate surface area is 133 Å². The number of hydrogen-bond acceptors (Lipinski definition) is 3. The molecule has 0 atom stereocenters. The molecular formula is C19H16N2O2. The number of para-hydroxylation sites is 1. The molecule has 0 saturated carbocycles. The fraction of sp³-hybridized carbons (Fsp3) is 0.158. The van der Waals surface area contributed by atoms with E-state index in [2.05, 4.69) is 4.98 Å². The number of benzene rings is 1. The van der Waals surface area contributed by atoms with Gasteiger partial charge in [0.25, 0.3) is 0 Å². The van der Waals surface area contributed by atoms with Crippen molar-refractivity contribution in [3.63, 3.8) is 0 Å². The molecule has 0 bridgehead atoms. The fourth-order valence-corrected chi connectivity index (χ4v) is 2.95. The van der Waals surface area contributed by atoms with Crippen LogP contribution in [-0.4, -0.2) is 9.38 Å². The fourth-order valence-electron chi connectivity index (χ4n) is 2.95. The van der Waals surface area contributed by atoms with Gasteiger partial charge in [0.15, 0.2) is 0 Å². The van der Waals surface area contributed by atoms with Gasteiger partial charge in [0, 0.05) is 17.8 Å². The second kappa shape index (κ2) is 5.09.